The SMILES string of the molecule is COc1ccc(C(C)C)nn1. The third kappa shape index (κ3) is 1.90. The van der Waals surface area contributed by atoms with Gasteiger partial charge in [0.1, 0.15) is 0 Å². The fourth-order valence-electron chi connectivity index (χ4n) is 0.747. The minimum absolute atomic E-state index is 0.424. The number of methoxy groups -OCH3 is 1. The normalized spacial score (nSPS) is 10.2. The Hall–Kier alpha value is -1.12. The second kappa shape index (κ2) is 3.32. The second-order valence-corrected chi connectivity index (χ2v) is 2.66. The zero-order chi connectivity index (χ0) is 8.27. The Morgan fingerprint density at radius 2 is 2.00 bits per heavy atom. The van der Waals surface area contributed by atoms with Crippen LogP contribution >= 0.6 is 0 Å². The molecule has 0 aliphatic rings. The molecule has 0 radical (unpaired) electrons. The van der Waals surface area contributed by atoms with E-state index in [9.17, 15) is 0 Å². The van der Waals surface area contributed by atoms with Crippen molar-refractivity contribution in [3.63, 3.8) is 0 Å². The molecule has 0 aliphatic carbocycles. The monoisotopic (exact) mass is 152 g/mol. The van der Waals surface area contributed by atoms with E-state index in [0.29, 0.717) is 11.8 Å². The van der Waals surface area contributed by atoms with E-state index >= 15 is 0 Å². The summed E-state index contributed by atoms with van der Waals surface area (Å²) in [6.45, 7) is 4.16. The molecule has 60 valence electrons. The largest absolute Gasteiger partial charge is 0.480 e. The summed E-state index contributed by atoms with van der Waals surface area (Å²) in [5.41, 5.74) is 0.991. The van der Waals surface area contributed by atoms with Crippen molar-refractivity contribution in [2.75, 3.05) is 7.11 Å². The van der Waals surface area contributed by atoms with Crippen LogP contribution in [-0.4, -0.2) is 17.3 Å². The number of hydrogen-bond donors (Lipinski definition) is 0. The summed E-state index contributed by atoms with van der Waals surface area (Å²) in [5.74, 6) is 0.989. The van der Waals surface area contributed by atoms with E-state index in [2.05, 4.69) is 24.0 Å². The summed E-state index contributed by atoms with van der Waals surface area (Å²) in [5, 5.41) is 7.82. The van der Waals surface area contributed by atoms with E-state index in [1.807, 2.05) is 12.1 Å². The van der Waals surface area contributed by atoms with E-state index in [1.165, 1.54) is 0 Å². The van der Waals surface area contributed by atoms with Crippen molar-refractivity contribution in [3.05, 3.63) is 17.8 Å². The van der Waals surface area contributed by atoms with Crippen molar-refractivity contribution < 1.29 is 4.74 Å². The van der Waals surface area contributed by atoms with Crippen molar-refractivity contribution in [2.24, 2.45) is 0 Å². The Balaban J connectivity index is 2.83. The van der Waals surface area contributed by atoms with E-state index in [0.717, 1.165) is 5.69 Å². The summed E-state index contributed by atoms with van der Waals surface area (Å²) >= 11 is 0. The van der Waals surface area contributed by atoms with Gasteiger partial charge in [-0.1, -0.05) is 13.8 Å². The van der Waals surface area contributed by atoms with E-state index in [1.54, 1.807) is 7.11 Å². The lowest BCUT2D eigenvalue weighted by molar-refractivity contribution is 0.390. The average Bonchev–Trinajstić information content (AvgIpc) is 2.05. The highest BCUT2D eigenvalue weighted by Crippen LogP contribution is 2.11. The predicted octanol–water partition coefficient (Wildman–Crippen LogP) is 1.61. The molecule has 0 aromatic carbocycles. The van der Waals surface area contributed by atoms with Gasteiger partial charge >= 0.3 is 0 Å². The standard InChI is InChI=1S/C8H12N2O/c1-6(2)7-4-5-8(11-3)10-9-7/h4-6H,1-3H3. The van der Waals surface area contributed by atoms with Gasteiger partial charge < -0.3 is 4.74 Å². The molecular weight excluding hydrogens is 140 g/mol. The Morgan fingerprint density at radius 3 is 2.36 bits per heavy atom. The summed E-state index contributed by atoms with van der Waals surface area (Å²) in [7, 11) is 1.58. The van der Waals surface area contributed by atoms with E-state index in [4.69, 9.17) is 4.74 Å². The number of hydrogen-bond acceptors (Lipinski definition) is 3. The third-order valence-corrected chi connectivity index (χ3v) is 1.46. The molecule has 0 bridgehead atoms. The van der Waals surface area contributed by atoms with Crippen LogP contribution in [0.15, 0.2) is 12.1 Å². The molecular formula is C8H12N2O. The lowest BCUT2D eigenvalue weighted by atomic mass is 10.1. The van der Waals surface area contributed by atoms with E-state index < -0.39 is 0 Å². The molecule has 0 fully saturated rings. The van der Waals surface area contributed by atoms with Crippen LogP contribution in [0.25, 0.3) is 0 Å². The number of ether oxygens (including phenoxy) is 1. The summed E-state index contributed by atoms with van der Waals surface area (Å²) in [6, 6.07) is 3.75. The van der Waals surface area contributed by atoms with Crippen molar-refractivity contribution >= 4 is 0 Å². The van der Waals surface area contributed by atoms with Crippen LogP contribution in [0.5, 0.6) is 5.88 Å². The van der Waals surface area contributed by atoms with Crippen molar-refractivity contribution in [3.8, 4) is 5.88 Å². The van der Waals surface area contributed by atoms with Gasteiger partial charge in [0, 0.05) is 6.07 Å². The molecule has 0 amide bonds. The van der Waals surface area contributed by atoms with Gasteiger partial charge in [0.2, 0.25) is 5.88 Å². The van der Waals surface area contributed by atoms with Gasteiger partial charge in [-0.2, -0.15) is 5.10 Å². The van der Waals surface area contributed by atoms with Crippen LogP contribution in [0.3, 0.4) is 0 Å². The molecule has 0 unspecified atom stereocenters. The first-order chi connectivity index (χ1) is 5.24. The lowest BCUT2D eigenvalue weighted by Gasteiger charge is -2.02. The highest BCUT2D eigenvalue weighted by atomic mass is 16.5. The topological polar surface area (TPSA) is 35.0 Å². The van der Waals surface area contributed by atoms with Crippen LogP contribution < -0.4 is 4.74 Å². The maximum atomic E-state index is 4.88. The summed E-state index contributed by atoms with van der Waals surface area (Å²) < 4.78 is 4.88. The quantitative estimate of drug-likeness (QED) is 0.645. The van der Waals surface area contributed by atoms with Gasteiger partial charge in [-0.25, -0.2) is 0 Å². The first-order valence-electron chi connectivity index (χ1n) is 3.61. The van der Waals surface area contributed by atoms with Gasteiger partial charge in [-0.3, -0.25) is 0 Å². The van der Waals surface area contributed by atoms with Crippen molar-refractivity contribution in [1.29, 1.82) is 0 Å². The summed E-state index contributed by atoms with van der Waals surface area (Å²) in [6.07, 6.45) is 0. The van der Waals surface area contributed by atoms with Crippen LogP contribution in [0, 0.1) is 0 Å². The van der Waals surface area contributed by atoms with Gasteiger partial charge in [-0.05, 0) is 12.0 Å². The molecule has 1 aromatic rings. The average molecular weight is 152 g/mol. The third-order valence-electron chi connectivity index (χ3n) is 1.46. The van der Waals surface area contributed by atoms with Crippen LogP contribution in [0.1, 0.15) is 25.5 Å². The molecule has 0 atom stereocenters. The van der Waals surface area contributed by atoms with Gasteiger partial charge in [0.05, 0.1) is 12.8 Å². The Kier molecular flexibility index (Phi) is 2.41. The minimum atomic E-state index is 0.424. The first-order valence-corrected chi connectivity index (χ1v) is 3.61. The molecule has 1 heterocycles. The molecule has 11 heavy (non-hydrogen) atoms. The zero-order valence-electron chi connectivity index (χ0n) is 7.03. The van der Waals surface area contributed by atoms with Crippen LogP contribution in [0.2, 0.25) is 0 Å². The van der Waals surface area contributed by atoms with Gasteiger partial charge in [0.25, 0.3) is 0 Å². The fourth-order valence-corrected chi connectivity index (χ4v) is 0.747. The molecule has 3 nitrogen and oxygen atoms in total. The molecule has 0 aliphatic heterocycles. The molecule has 1 aromatic heterocycles. The molecule has 0 N–H and O–H groups in total. The van der Waals surface area contributed by atoms with Crippen molar-refractivity contribution in [1.82, 2.24) is 10.2 Å². The molecule has 0 saturated carbocycles. The molecule has 1 rings (SSSR count). The minimum Gasteiger partial charge on any atom is -0.480 e. The highest BCUT2D eigenvalue weighted by molar-refractivity contribution is 5.13. The lowest BCUT2D eigenvalue weighted by Crippen LogP contribution is -1.96. The van der Waals surface area contributed by atoms with Crippen molar-refractivity contribution in [2.45, 2.75) is 19.8 Å². The zero-order valence-corrected chi connectivity index (χ0v) is 7.03. The predicted molar refractivity (Wildman–Crippen MR) is 42.7 cm³/mol. The molecule has 0 spiro atoms. The fraction of sp³-hybridized carbons (Fsp3) is 0.500. The first kappa shape index (κ1) is 7.98. The molecule has 0 saturated heterocycles. The number of aromatic nitrogens is 2. The maximum absolute atomic E-state index is 4.88. The van der Waals surface area contributed by atoms with Gasteiger partial charge in [-0.15, -0.1) is 5.10 Å². The molecule has 3 heteroatoms. The highest BCUT2D eigenvalue weighted by Gasteiger charge is 2.00. The summed E-state index contributed by atoms with van der Waals surface area (Å²) in [4.78, 5) is 0. The maximum Gasteiger partial charge on any atom is 0.233 e. The second-order valence-electron chi connectivity index (χ2n) is 2.66. The van der Waals surface area contributed by atoms with E-state index in [-0.39, 0.29) is 0 Å². The Labute approximate surface area is 66.4 Å². The van der Waals surface area contributed by atoms with Gasteiger partial charge in [0.15, 0.2) is 0 Å². The number of rotatable bonds is 2. The smallest absolute Gasteiger partial charge is 0.233 e. The van der Waals surface area contributed by atoms with Crippen LogP contribution in [0.4, 0.5) is 0 Å². The Bertz CT molecular complexity index is 218. The number of nitrogens with zero attached hydrogens (tertiary/aromatic N) is 2. The Morgan fingerprint density at radius 1 is 1.27 bits per heavy atom. The van der Waals surface area contributed by atoms with Crippen LogP contribution in [-0.2, 0) is 0 Å².